The number of allylic oxidation sites excluding steroid dienone is 6. The van der Waals surface area contributed by atoms with Gasteiger partial charge in [-0.3, -0.25) is 4.99 Å². The molecule has 5 unspecified atom stereocenters. The molecule has 36 heavy (non-hydrogen) atoms. The van der Waals surface area contributed by atoms with Crippen LogP contribution < -0.4 is 0 Å². The molecule has 4 heteroatoms. The van der Waals surface area contributed by atoms with Crippen molar-refractivity contribution in [3.63, 3.8) is 0 Å². The number of rotatable bonds is 6. The smallest absolute Gasteiger partial charge is 0.331 e. The molecular formula is C32H34N2O2. The molecule has 0 spiro atoms. The van der Waals surface area contributed by atoms with E-state index in [1.165, 1.54) is 5.56 Å². The summed E-state index contributed by atoms with van der Waals surface area (Å²) in [7, 11) is 0. The molecule has 5 rings (SSSR count). The zero-order valence-electron chi connectivity index (χ0n) is 21.2. The molecule has 0 amide bonds. The highest BCUT2D eigenvalue weighted by Crippen LogP contribution is 2.46. The van der Waals surface area contributed by atoms with E-state index in [-0.39, 0.29) is 12.0 Å². The highest BCUT2D eigenvalue weighted by Gasteiger charge is 2.50. The lowest BCUT2D eigenvalue weighted by molar-refractivity contribution is -0.132. The van der Waals surface area contributed by atoms with Crippen LogP contribution in [0.15, 0.2) is 108 Å². The average molecular weight is 479 g/mol. The largest absolute Gasteiger partial charge is 0.478 e. The van der Waals surface area contributed by atoms with Crippen molar-refractivity contribution in [2.75, 3.05) is 6.54 Å². The third-order valence-corrected chi connectivity index (χ3v) is 8.01. The first kappa shape index (κ1) is 24.1. The van der Waals surface area contributed by atoms with Crippen molar-refractivity contribution < 1.29 is 9.90 Å². The fourth-order valence-corrected chi connectivity index (χ4v) is 6.14. The minimum absolute atomic E-state index is 0.00262. The minimum atomic E-state index is -0.849. The number of nitrogens with zero attached hydrogens (tertiary/aromatic N) is 2. The van der Waals surface area contributed by atoms with Gasteiger partial charge in [0.15, 0.2) is 0 Å². The molecule has 0 bridgehead atoms. The second-order valence-electron chi connectivity index (χ2n) is 10.2. The number of carboxylic acid groups (broad SMARTS) is 1. The molecule has 184 valence electrons. The Morgan fingerprint density at radius 3 is 2.47 bits per heavy atom. The molecule has 0 saturated carbocycles. The maximum atomic E-state index is 11.7. The van der Waals surface area contributed by atoms with E-state index in [0.29, 0.717) is 23.8 Å². The van der Waals surface area contributed by atoms with Gasteiger partial charge in [-0.1, -0.05) is 104 Å². The Hall–Kier alpha value is -3.66. The second kappa shape index (κ2) is 9.77. The number of hydrogen-bond donors (Lipinski definition) is 1. The van der Waals surface area contributed by atoms with Crippen LogP contribution in [-0.4, -0.2) is 34.4 Å². The summed E-state index contributed by atoms with van der Waals surface area (Å²) >= 11 is 0. The Morgan fingerprint density at radius 1 is 1.03 bits per heavy atom. The third-order valence-electron chi connectivity index (χ3n) is 8.01. The molecule has 1 N–H and O–H groups in total. The quantitative estimate of drug-likeness (QED) is 0.517. The van der Waals surface area contributed by atoms with Crippen LogP contribution >= 0.6 is 0 Å². The molecule has 1 aliphatic heterocycles. The third kappa shape index (κ3) is 4.15. The Bertz CT molecular complexity index is 1290. The van der Waals surface area contributed by atoms with Gasteiger partial charge < -0.3 is 10.0 Å². The summed E-state index contributed by atoms with van der Waals surface area (Å²) in [4.78, 5) is 19.7. The van der Waals surface area contributed by atoms with Gasteiger partial charge in [0, 0.05) is 29.5 Å². The average Bonchev–Trinajstić information content (AvgIpc) is 3.22. The van der Waals surface area contributed by atoms with Crippen molar-refractivity contribution in [1.29, 1.82) is 0 Å². The first-order valence-corrected chi connectivity index (χ1v) is 12.9. The highest BCUT2D eigenvalue weighted by atomic mass is 16.4. The Balaban J connectivity index is 1.64. The lowest BCUT2D eigenvalue weighted by Crippen LogP contribution is -2.50. The van der Waals surface area contributed by atoms with Gasteiger partial charge in [-0.15, -0.1) is 0 Å². The van der Waals surface area contributed by atoms with Gasteiger partial charge in [0.1, 0.15) is 11.4 Å². The number of amidine groups is 1. The van der Waals surface area contributed by atoms with Gasteiger partial charge >= 0.3 is 5.97 Å². The maximum absolute atomic E-state index is 11.7. The van der Waals surface area contributed by atoms with Crippen molar-refractivity contribution in [2.45, 2.75) is 44.7 Å². The topological polar surface area (TPSA) is 52.9 Å². The first-order valence-electron chi connectivity index (χ1n) is 12.9. The summed E-state index contributed by atoms with van der Waals surface area (Å²) in [5.74, 6) is 0.853. The molecule has 4 nitrogen and oxygen atoms in total. The van der Waals surface area contributed by atoms with E-state index in [1.807, 2.05) is 12.1 Å². The summed E-state index contributed by atoms with van der Waals surface area (Å²) in [6.07, 6.45) is 15.1. The molecule has 2 aromatic rings. The molecule has 2 aromatic carbocycles. The predicted octanol–water partition coefficient (Wildman–Crippen LogP) is 6.49. The van der Waals surface area contributed by atoms with E-state index in [2.05, 4.69) is 105 Å². The van der Waals surface area contributed by atoms with E-state index in [9.17, 15) is 9.90 Å². The fourth-order valence-electron chi connectivity index (χ4n) is 6.14. The van der Waals surface area contributed by atoms with Crippen LogP contribution in [0.2, 0.25) is 0 Å². The van der Waals surface area contributed by atoms with Crippen LogP contribution in [0, 0.1) is 11.8 Å². The van der Waals surface area contributed by atoms with E-state index in [0.717, 1.165) is 23.5 Å². The molecule has 0 radical (unpaired) electrons. The number of carbonyl (C=O) groups is 1. The van der Waals surface area contributed by atoms with Crippen LogP contribution in [0.4, 0.5) is 0 Å². The first-order chi connectivity index (χ1) is 17.4. The predicted molar refractivity (Wildman–Crippen MR) is 146 cm³/mol. The van der Waals surface area contributed by atoms with E-state index < -0.39 is 11.5 Å². The molecule has 2 aliphatic carbocycles. The van der Waals surface area contributed by atoms with Crippen LogP contribution in [-0.2, 0) is 10.3 Å². The SMILES string of the molecule is CCN1C(c2ccccc2C2C=CC=C(C(=O)O)C2)=NC(C)(c2ccccc2)C1C1C=CC=CC1C. The standard InChI is InChI=1S/C32H34N2O2/c1-4-34-29(26-18-9-8-13-22(26)2)32(3,25-16-6-5-7-17-25)33-30(34)28-20-11-10-19-27(28)23-14-12-15-24(21-23)31(35)36/h5-20,22-23,26,29H,4,21H2,1-3H3,(H,35,36). The number of benzene rings is 2. The molecule has 0 fully saturated rings. The summed E-state index contributed by atoms with van der Waals surface area (Å²) in [6.45, 7) is 7.61. The number of aliphatic imine (C=N–C) groups is 1. The molecule has 0 aromatic heterocycles. The summed E-state index contributed by atoms with van der Waals surface area (Å²) in [6, 6.07) is 19.2. The van der Waals surface area contributed by atoms with E-state index in [4.69, 9.17) is 4.99 Å². The number of carboxylic acids is 1. The highest BCUT2D eigenvalue weighted by molar-refractivity contribution is 6.02. The van der Waals surface area contributed by atoms with Crippen molar-refractivity contribution in [3.05, 3.63) is 119 Å². The normalized spacial score (nSPS) is 29.2. The van der Waals surface area contributed by atoms with E-state index >= 15 is 0 Å². The van der Waals surface area contributed by atoms with Crippen LogP contribution in [0.1, 0.15) is 49.8 Å². The molecule has 3 aliphatic rings. The monoisotopic (exact) mass is 478 g/mol. The summed E-state index contributed by atoms with van der Waals surface area (Å²) in [5, 5.41) is 9.62. The Kier molecular flexibility index (Phi) is 6.53. The molecular weight excluding hydrogens is 444 g/mol. The van der Waals surface area contributed by atoms with Crippen molar-refractivity contribution in [3.8, 4) is 0 Å². The fraction of sp³-hybridized carbons (Fsp3) is 0.312. The van der Waals surface area contributed by atoms with Gasteiger partial charge in [0.2, 0.25) is 0 Å². The van der Waals surface area contributed by atoms with Gasteiger partial charge in [-0.25, -0.2) is 4.79 Å². The van der Waals surface area contributed by atoms with Gasteiger partial charge in [-0.05, 0) is 37.3 Å². The lowest BCUT2D eigenvalue weighted by atomic mass is 9.73. The van der Waals surface area contributed by atoms with Gasteiger partial charge in [0.05, 0.1) is 6.04 Å². The zero-order chi connectivity index (χ0) is 25.3. The van der Waals surface area contributed by atoms with Crippen molar-refractivity contribution >= 4 is 11.8 Å². The summed E-state index contributed by atoms with van der Waals surface area (Å²) < 4.78 is 0. The van der Waals surface area contributed by atoms with E-state index in [1.54, 1.807) is 6.08 Å². The lowest BCUT2D eigenvalue weighted by Gasteiger charge is -2.42. The van der Waals surface area contributed by atoms with Crippen molar-refractivity contribution in [1.82, 2.24) is 4.90 Å². The second-order valence-corrected chi connectivity index (χ2v) is 10.2. The Morgan fingerprint density at radius 2 is 1.75 bits per heavy atom. The summed E-state index contributed by atoms with van der Waals surface area (Å²) in [5.41, 5.74) is 3.44. The number of hydrogen-bond acceptors (Lipinski definition) is 3. The van der Waals surface area contributed by atoms with Gasteiger partial charge in [0.25, 0.3) is 0 Å². The van der Waals surface area contributed by atoms with Crippen LogP contribution in [0.25, 0.3) is 0 Å². The number of likely N-dealkylation sites (N-methyl/N-ethyl adjacent to an activating group) is 1. The molecule has 5 atom stereocenters. The number of aliphatic carboxylic acids is 1. The molecule has 1 heterocycles. The van der Waals surface area contributed by atoms with Crippen molar-refractivity contribution in [2.24, 2.45) is 16.8 Å². The van der Waals surface area contributed by atoms with Crippen LogP contribution in [0.5, 0.6) is 0 Å². The minimum Gasteiger partial charge on any atom is -0.478 e. The Labute approximate surface area is 214 Å². The molecule has 0 saturated heterocycles. The zero-order valence-corrected chi connectivity index (χ0v) is 21.2. The van der Waals surface area contributed by atoms with Gasteiger partial charge in [-0.2, -0.15) is 0 Å². The maximum Gasteiger partial charge on any atom is 0.331 e. The van der Waals surface area contributed by atoms with Crippen LogP contribution in [0.3, 0.4) is 0 Å².